The van der Waals surface area contributed by atoms with Crippen LogP contribution in [0.1, 0.15) is 31.2 Å². The van der Waals surface area contributed by atoms with Gasteiger partial charge in [0.05, 0.1) is 19.7 Å². The van der Waals surface area contributed by atoms with Crippen molar-refractivity contribution in [1.29, 1.82) is 0 Å². The Hall–Kier alpha value is -2.03. The summed E-state index contributed by atoms with van der Waals surface area (Å²) in [6.07, 6.45) is 0.0864. The summed E-state index contributed by atoms with van der Waals surface area (Å²) in [6, 6.07) is 1.00. The number of methoxy groups -OCH3 is 1. The van der Waals surface area contributed by atoms with Crippen molar-refractivity contribution in [3.8, 4) is 11.8 Å². The third-order valence-corrected chi connectivity index (χ3v) is 5.10. The average molecular weight is 387 g/mol. The number of hydrogen-bond donors (Lipinski definition) is 0. The predicted molar refractivity (Wildman–Crippen MR) is 91.5 cm³/mol. The number of rotatable bonds is 6. The van der Waals surface area contributed by atoms with Crippen molar-refractivity contribution in [3.63, 3.8) is 0 Å². The Morgan fingerprint density at radius 1 is 1.41 bits per heavy atom. The number of likely N-dealkylation sites (N-methyl/N-ethyl adjacent to an activating group) is 2. The number of alkyl halides is 2. The molecule has 2 aliphatic rings. The molecule has 6 nitrogen and oxygen atoms in total. The number of ether oxygens (including phenoxy) is 2. The number of hydrogen-bond acceptors (Lipinski definition) is 5. The van der Waals surface area contributed by atoms with E-state index >= 15 is 0 Å². The maximum absolute atomic E-state index is 14.4. The van der Waals surface area contributed by atoms with E-state index in [1.807, 2.05) is 11.9 Å². The van der Waals surface area contributed by atoms with Crippen LogP contribution < -0.4 is 9.47 Å². The van der Waals surface area contributed by atoms with Gasteiger partial charge >= 0.3 is 0 Å². The molecule has 1 saturated heterocycles. The molecule has 1 saturated carbocycles. The molecule has 1 amide bonds. The Morgan fingerprint density at radius 3 is 2.67 bits per heavy atom. The molecule has 3 rings (SSSR count). The molecule has 150 valence electrons. The largest absolute Gasteiger partial charge is 0.481 e. The molecular formula is C18H24F3N3O3. The Morgan fingerprint density at radius 2 is 2.11 bits per heavy atom. The van der Waals surface area contributed by atoms with Crippen molar-refractivity contribution >= 4 is 5.91 Å². The quantitative estimate of drug-likeness (QED) is 0.751. The number of amides is 1. The SMILES string of the molecule is COc1nc(OC2CC(F)(F)C2)c(F)cc1CN(C)C(=O)C1CCCN1C. The lowest BCUT2D eigenvalue weighted by atomic mass is 9.91. The molecule has 1 aromatic heterocycles. The number of pyridine rings is 1. The van der Waals surface area contributed by atoms with Crippen LogP contribution in [0.4, 0.5) is 13.2 Å². The molecule has 0 spiro atoms. The van der Waals surface area contributed by atoms with Gasteiger partial charge in [-0.1, -0.05) is 0 Å². The van der Waals surface area contributed by atoms with Gasteiger partial charge < -0.3 is 14.4 Å². The third kappa shape index (κ3) is 4.28. The standard InChI is InChI=1S/C18H24F3N3O3/c1-23-6-4-5-14(23)17(25)24(2)10-11-7-13(19)16(22-15(11)26-3)27-12-8-18(20,21)9-12/h7,12,14H,4-6,8-10H2,1-3H3. The Kier molecular flexibility index (Phi) is 5.50. The van der Waals surface area contributed by atoms with E-state index in [0.717, 1.165) is 19.4 Å². The Labute approximate surface area is 156 Å². The molecular weight excluding hydrogens is 363 g/mol. The van der Waals surface area contributed by atoms with E-state index in [2.05, 4.69) is 4.98 Å². The van der Waals surface area contributed by atoms with E-state index in [1.54, 1.807) is 7.05 Å². The van der Waals surface area contributed by atoms with Gasteiger partial charge in [-0.15, -0.1) is 0 Å². The van der Waals surface area contributed by atoms with E-state index in [9.17, 15) is 18.0 Å². The van der Waals surface area contributed by atoms with Gasteiger partial charge in [0.15, 0.2) is 5.82 Å². The molecule has 0 bridgehead atoms. The minimum Gasteiger partial charge on any atom is -0.481 e. The van der Waals surface area contributed by atoms with Crippen LogP contribution in [-0.2, 0) is 11.3 Å². The second-order valence-corrected chi connectivity index (χ2v) is 7.28. The molecule has 2 heterocycles. The number of likely N-dealkylation sites (tertiary alicyclic amines) is 1. The summed E-state index contributed by atoms with van der Waals surface area (Å²) in [5.74, 6) is -3.83. The Balaban J connectivity index is 1.69. The maximum atomic E-state index is 14.4. The number of aromatic nitrogens is 1. The van der Waals surface area contributed by atoms with Crippen LogP contribution in [0.25, 0.3) is 0 Å². The van der Waals surface area contributed by atoms with Gasteiger partial charge in [0, 0.05) is 25.5 Å². The van der Waals surface area contributed by atoms with Gasteiger partial charge in [-0.05, 0) is 32.5 Å². The van der Waals surface area contributed by atoms with Crippen LogP contribution in [0, 0.1) is 5.82 Å². The molecule has 1 aliphatic carbocycles. The smallest absolute Gasteiger partial charge is 0.255 e. The van der Waals surface area contributed by atoms with E-state index in [4.69, 9.17) is 9.47 Å². The molecule has 1 atom stereocenters. The fourth-order valence-corrected chi connectivity index (χ4v) is 3.52. The van der Waals surface area contributed by atoms with Crippen LogP contribution in [0.2, 0.25) is 0 Å². The zero-order valence-corrected chi connectivity index (χ0v) is 15.7. The summed E-state index contributed by atoms with van der Waals surface area (Å²) < 4.78 is 50.6. The second-order valence-electron chi connectivity index (χ2n) is 7.28. The highest BCUT2D eigenvalue weighted by Crippen LogP contribution is 2.40. The van der Waals surface area contributed by atoms with Crippen molar-refractivity contribution in [2.75, 3.05) is 27.7 Å². The lowest BCUT2D eigenvalue weighted by Gasteiger charge is -2.34. The van der Waals surface area contributed by atoms with Gasteiger partial charge in [-0.3, -0.25) is 9.69 Å². The van der Waals surface area contributed by atoms with Crippen molar-refractivity contribution in [2.24, 2.45) is 0 Å². The lowest BCUT2D eigenvalue weighted by Crippen LogP contribution is -2.43. The van der Waals surface area contributed by atoms with Gasteiger partial charge in [0.1, 0.15) is 6.10 Å². The monoisotopic (exact) mass is 387 g/mol. The van der Waals surface area contributed by atoms with Gasteiger partial charge in [-0.25, -0.2) is 13.2 Å². The first-order valence-electron chi connectivity index (χ1n) is 8.93. The van der Waals surface area contributed by atoms with Crippen molar-refractivity contribution in [1.82, 2.24) is 14.8 Å². The lowest BCUT2D eigenvalue weighted by molar-refractivity contribution is -0.136. The summed E-state index contributed by atoms with van der Waals surface area (Å²) in [7, 11) is 4.92. The van der Waals surface area contributed by atoms with E-state index in [0.29, 0.717) is 5.56 Å². The summed E-state index contributed by atoms with van der Waals surface area (Å²) >= 11 is 0. The highest BCUT2D eigenvalue weighted by Gasteiger charge is 2.47. The fourth-order valence-electron chi connectivity index (χ4n) is 3.52. The van der Waals surface area contributed by atoms with Crippen molar-refractivity contribution < 1.29 is 27.4 Å². The molecule has 1 aliphatic heterocycles. The maximum Gasteiger partial charge on any atom is 0.255 e. The van der Waals surface area contributed by atoms with Crippen LogP contribution in [0.15, 0.2) is 6.07 Å². The summed E-state index contributed by atoms with van der Waals surface area (Å²) in [5, 5.41) is 0. The summed E-state index contributed by atoms with van der Waals surface area (Å²) in [4.78, 5) is 20.1. The molecule has 9 heteroatoms. The minimum atomic E-state index is -2.76. The average Bonchev–Trinajstić information content (AvgIpc) is 3.00. The van der Waals surface area contributed by atoms with E-state index in [1.165, 1.54) is 18.1 Å². The third-order valence-electron chi connectivity index (χ3n) is 5.10. The fraction of sp³-hybridized carbons (Fsp3) is 0.667. The normalized spacial score (nSPS) is 22.4. The number of carbonyl (C=O) groups excluding carboxylic acids is 1. The number of halogens is 3. The Bertz CT molecular complexity index is 709. The van der Waals surface area contributed by atoms with Gasteiger partial charge in [0.2, 0.25) is 11.8 Å². The zero-order chi connectivity index (χ0) is 19.8. The first-order valence-corrected chi connectivity index (χ1v) is 8.93. The molecule has 27 heavy (non-hydrogen) atoms. The first kappa shape index (κ1) is 19.7. The minimum absolute atomic E-state index is 0.0468. The summed E-state index contributed by atoms with van der Waals surface area (Å²) in [5.41, 5.74) is 0.387. The van der Waals surface area contributed by atoms with Crippen LogP contribution in [-0.4, -0.2) is 66.5 Å². The van der Waals surface area contributed by atoms with Crippen LogP contribution in [0.5, 0.6) is 11.8 Å². The van der Waals surface area contributed by atoms with E-state index in [-0.39, 0.29) is 30.3 Å². The van der Waals surface area contributed by atoms with Gasteiger partial charge in [-0.2, -0.15) is 4.98 Å². The first-order chi connectivity index (χ1) is 12.7. The highest BCUT2D eigenvalue weighted by molar-refractivity contribution is 5.82. The molecule has 1 unspecified atom stereocenters. The second kappa shape index (κ2) is 7.53. The van der Waals surface area contributed by atoms with Crippen molar-refractivity contribution in [2.45, 2.75) is 50.3 Å². The number of nitrogens with zero attached hydrogens (tertiary/aromatic N) is 3. The molecule has 0 N–H and O–H groups in total. The van der Waals surface area contributed by atoms with E-state index < -0.39 is 30.7 Å². The molecule has 2 fully saturated rings. The van der Waals surface area contributed by atoms with Gasteiger partial charge in [0.25, 0.3) is 11.8 Å². The highest BCUT2D eigenvalue weighted by atomic mass is 19.3. The van der Waals surface area contributed by atoms with Crippen LogP contribution >= 0.6 is 0 Å². The summed E-state index contributed by atoms with van der Waals surface area (Å²) in [6.45, 7) is 0.994. The predicted octanol–water partition coefficient (Wildman–Crippen LogP) is 2.46. The zero-order valence-electron chi connectivity index (χ0n) is 15.7. The van der Waals surface area contributed by atoms with Crippen LogP contribution in [0.3, 0.4) is 0 Å². The molecule has 0 radical (unpaired) electrons. The molecule has 1 aromatic rings. The number of carbonyl (C=O) groups is 1. The topological polar surface area (TPSA) is 54.9 Å². The van der Waals surface area contributed by atoms with Crippen molar-refractivity contribution in [3.05, 3.63) is 17.4 Å². The molecule has 0 aromatic carbocycles.